The van der Waals surface area contributed by atoms with E-state index in [9.17, 15) is 9.18 Å². The second-order valence-corrected chi connectivity index (χ2v) is 6.51. The molecule has 1 heterocycles. The van der Waals surface area contributed by atoms with Crippen LogP contribution in [-0.2, 0) is 4.79 Å². The maximum absolute atomic E-state index is 13.0. The minimum absolute atomic E-state index is 0.0716. The Balaban J connectivity index is 1.77. The SMILES string of the molecule is COc1ccc([C@@H]2CCCN2C(=O)[C@@H](C)Oc2ccc(F)cc2)c(OC)c1. The van der Waals surface area contributed by atoms with Crippen molar-refractivity contribution in [2.24, 2.45) is 0 Å². The van der Waals surface area contributed by atoms with Gasteiger partial charge in [-0.15, -0.1) is 0 Å². The van der Waals surface area contributed by atoms with Crippen LogP contribution in [0.25, 0.3) is 0 Å². The molecule has 1 saturated heterocycles. The molecule has 1 aliphatic rings. The number of rotatable bonds is 6. The fourth-order valence-electron chi connectivity index (χ4n) is 3.45. The minimum atomic E-state index is -0.666. The van der Waals surface area contributed by atoms with Gasteiger partial charge in [0, 0.05) is 18.2 Å². The first-order valence-electron chi connectivity index (χ1n) is 8.98. The summed E-state index contributed by atoms with van der Waals surface area (Å²) >= 11 is 0. The third kappa shape index (κ3) is 4.15. The number of methoxy groups -OCH3 is 2. The maximum atomic E-state index is 13.0. The highest BCUT2D eigenvalue weighted by molar-refractivity contribution is 5.81. The summed E-state index contributed by atoms with van der Waals surface area (Å²) < 4.78 is 29.5. The lowest BCUT2D eigenvalue weighted by Crippen LogP contribution is -2.40. The molecule has 6 heteroatoms. The number of nitrogens with zero attached hydrogens (tertiary/aromatic N) is 1. The molecule has 144 valence electrons. The lowest BCUT2D eigenvalue weighted by Gasteiger charge is -2.29. The Labute approximate surface area is 158 Å². The largest absolute Gasteiger partial charge is 0.497 e. The highest BCUT2D eigenvalue weighted by Crippen LogP contribution is 2.39. The van der Waals surface area contributed by atoms with Crippen LogP contribution >= 0.6 is 0 Å². The van der Waals surface area contributed by atoms with Crippen LogP contribution < -0.4 is 14.2 Å². The Hall–Kier alpha value is -2.76. The number of carbonyl (C=O) groups excluding carboxylic acids is 1. The molecule has 0 radical (unpaired) electrons. The van der Waals surface area contributed by atoms with E-state index in [-0.39, 0.29) is 17.8 Å². The number of amides is 1. The van der Waals surface area contributed by atoms with Crippen LogP contribution in [-0.4, -0.2) is 37.7 Å². The van der Waals surface area contributed by atoms with Crippen LogP contribution in [0.2, 0.25) is 0 Å². The first-order chi connectivity index (χ1) is 13.0. The zero-order valence-electron chi connectivity index (χ0n) is 15.8. The molecule has 1 aliphatic heterocycles. The van der Waals surface area contributed by atoms with Crippen molar-refractivity contribution in [2.45, 2.75) is 31.9 Å². The fraction of sp³-hybridized carbons (Fsp3) is 0.381. The van der Waals surface area contributed by atoms with Crippen molar-refractivity contribution in [2.75, 3.05) is 20.8 Å². The van der Waals surface area contributed by atoms with Crippen molar-refractivity contribution in [3.8, 4) is 17.2 Å². The number of ether oxygens (including phenoxy) is 3. The molecule has 0 bridgehead atoms. The quantitative estimate of drug-likeness (QED) is 0.769. The molecule has 27 heavy (non-hydrogen) atoms. The summed E-state index contributed by atoms with van der Waals surface area (Å²) in [6.45, 7) is 2.38. The lowest BCUT2D eigenvalue weighted by molar-refractivity contribution is -0.138. The van der Waals surface area contributed by atoms with Crippen molar-refractivity contribution in [1.29, 1.82) is 0 Å². The number of benzene rings is 2. The molecule has 0 aliphatic carbocycles. The molecule has 2 aromatic carbocycles. The maximum Gasteiger partial charge on any atom is 0.263 e. The molecule has 1 fully saturated rings. The highest BCUT2D eigenvalue weighted by Gasteiger charge is 2.34. The topological polar surface area (TPSA) is 48.0 Å². The second-order valence-electron chi connectivity index (χ2n) is 6.51. The predicted molar refractivity (Wildman–Crippen MR) is 99.7 cm³/mol. The minimum Gasteiger partial charge on any atom is -0.497 e. The first-order valence-corrected chi connectivity index (χ1v) is 8.98. The van der Waals surface area contributed by atoms with E-state index in [0.29, 0.717) is 23.8 Å². The monoisotopic (exact) mass is 373 g/mol. The van der Waals surface area contributed by atoms with Crippen molar-refractivity contribution in [3.63, 3.8) is 0 Å². The van der Waals surface area contributed by atoms with Gasteiger partial charge in [-0.05, 0) is 56.2 Å². The van der Waals surface area contributed by atoms with E-state index in [4.69, 9.17) is 14.2 Å². The molecule has 0 spiro atoms. The zero-order chi connectivity index (χ0) is 19.4. The van der Waals surface area contributed by atoms with E-state index < -0.39 is 6.10 Å². The van der Waals surface area contributed by atoms with Gasteiger partial charge in [0.15, 0.2) is 6.10 Å². The van der Waals surface area contributed by atoms with Crippen molar-refractivity contribution in [1.82, 2.24) is 4.90 Å². The predicted octanol–water partition coefficient (Wildman–Crippen LogP) is 3.97. The van der Waals surface area contributed by atoms with Gasteiger partial charge in [-0.2, -0.15) is 0 Å². The Morgan fingerprint density at radius 1 is 1.11 bits per heavy atom. The van der Waals surface area contributed by atoms with Gasteiger partial charge in [-0.3, -0.25) is 4.79 Å². The normalized spacial score (nSPS) is 17.5. The second kappa shape index (κ2) is 8.29. The Kier molecular flexibility index (Phi) is 5.84. The Bertz CT molecular complexity index is 793. The van der Waals surface area contributed by atoms with E-state index in [1.54, 1.807) is 21.1 Å². The summed E-state index contributed by atoms with van der Waals surface area (Å²) in [5.41, 5.74) is 0.957. The van der Waals surface area contributed by atoms with Crippen LogP contribution in [0.5, 0.6) is 17.2 Å². The Morgan fingerprint density at radius 3 is 2.48 bits per heavy atom. The molecule has 3 rings (SSSR count). The van der Waals surface area contributed by atoms with Gasteiger partial charge in [-0.25, -0.2) is 4.39 Å². The molecule has 5 nitrogen and oxygen atoms in total. The number of likely N-dealkylation sites (tertiary alicyclic amines) is 1. The summed E-state index contributed by atoms with van der Waals surface area (Å²) in [5, 5.41) is 0. The van der Waals surface area contributed by atoms with E-state index in [2.05, 4.69) is 0 Å². The molecular weight excluding hydrogens is 349 g/mol. The van der Waals surface area contributed by atoms with Crippen LogP contribution in [0, 0.1) is 5.82 Å². The summed E-state index contributed by atoms with van der Waals surface area (Å²) in [7, 11) is 3.22. The van der Waals surface area contributed by atoms with Crippen LogP contribution in [0.1, 0.15) is 31.4 Å². The third-order valence-corrected chi connectivity index (χ3v) is 4.81. The number of carbonyl (C=O) groups is 1. The summed E-state index contributed by atoms with van der Waals surface area (Å²) in [6.07, 6.45) is 1.10. The van der Waals surface area contributed by atoms with Crippen molar-refractivity contribution >= 4 is 5.91 Å². The molecule has 2 atom stereocenters. The number of halogens is 1. The zero-order valence-corrected chi connectivity index (χ0v) is 15.8. The van der Waals surface area contributed by atoms with E-state index in [1.807, 2.05) is 23.1 Å². The molecule has 0 N–H and O–H groups in total. The summed E-state index contributed by atoms with van der Waals surface area (Å²) in [5.74, 6) is 1.44. The molecule has 2 aromatic rings. The van der Waals surface area contributed by atoms with Crippen LogP contribution in [0.15, 0.2) is 42.5 Å². The van der Waals surface area contributed by atoms with E-state index >= 15 is 0 Å². The highest BCUT2D eigenvalue weighted by atomic mass is 19.1. The number of hydrogen-bond donors (Lipinski definition) is 0. The Morgan fingerprint density at radius 2 is 1.81 bits per heavy atom. The molecule has 0 aromatic heterocycles. The average molecular weight is 373 g/mol. The van der Waals surface area contributed by atoms with Crippen molar-refractivity contribution in [3.05, 3.63) is 53.8 Å². The lowest BCUT2D eigenvalue weighted by atomic mass is 10.0. The van der Waals surface area contributed by atoms with Crippen LogP contribution in [0.4, 0.5) is 4.39 Å². The van der Waals surface area contributed by atoms with Gasteiger partial charge in [0.05, 0.1) is 20.3 Å². The van der Waals surface area contributed by atoms with Crippen molar-refractivity contribution < 1.29 is 23.4 Å². The molecule has 1 amide bonds. The average Bonchev–Trinajstić information content (AvgIpc) is 3.18. The molecular formula is C21H24FNO4. The van der Waals surface area contributed by atoms with Gasteiger partial charge in [0.1, 0.15) is 23.1 Å². The standard InChI is InChI=1S/C21H24FNO4/c1-14(27-16-8-6-15(22)7-9-16)21(24)23-12-4-5-19(23)18-11-10-17(25-2)13-20(18)26-3/h6-11,13-14,19H,4-5,12H2,1-3H3/t14-,19+/m1/s1. The van der Waals surface area contributed by atoms with E-state index in [1.165, 1.54) is 24.3 Å². The molecule has 0 saturated carbocycles. The van der Waals surface area contributed by atoms with Gasteiger partial charge in [0.2, 0.25) is 0 Å². The smallest absolute Gasteiger partial charge is 0.263 e. The van der Waals surface area contributed by atoms with E-state index in [0.717, 1.165) is 18.4 Å². The van der Waals surface area contributed by atoms with Gasteiger partial charge >= 0.3 is 0 Å². The van der Waals surface area contributed by atoms with Gasteiger partial charge in [-0.1, -0.05) is 0 Å². The third-order valence-electron chi connectivity index (χ3n) is 4.81. The van der Waals surface area contributed by atoms with Gasteiger partial charge in [0.25, 0.3) is 5.91 Å². The number of hydrogen-bond acceptors (Lipinski definition) is 4. The molecule has 0 unspecified atom stereocenters. The summed E-state index contributed by atoms with van der Waals surface area (Å²) in [4.78, 5) is 14.8. The van der Waals surface area contributed by atoms with Gasteiger partial charge < -0.3 is 19.1 Å². The summed E-state index contributed by atoms with van der Waals surface area (Å²) in [6, 6.07) is 11.2. The fourth-order valence-corrected chi connectivity index (χ4v) is 3.45. The van der Waals surface area contributed by atoms with Crippen LogP contribution in [0.3, 0.4) is 0 Å². The first kappa shape index (κ1) is 19.0.